The van der Waals surface area contributed by atoms with Gasteiger partial charge in [-0.3, -0.25) is 4.79 Å². The summed E-state index contributed by atoms with van der Waals surface area (Å²) in [7, 11) is -1.45. The number of carbonyl (C=O) groups is 1. The maximum atomic E-state index is 13.9. The fourth-order valence-electron chi connectivity index (χ4n) is 4.36. The Hall–Kier alpha value is -2.68. The molecule has 7 nitrogen and oxygen atoms in total. The number of halogens is 2. The summed E-state index contributed by atoms with van der Waals surface area (Å²) in [5.41, 5.74) is 1.57. The average molecular weight is 535 g/mol. The van der Waals surface area contributed by atoms with Gasteiger partial charge in [0.15, 0.2) is 19.9 Å². The zero-order valence-corrected chi connectivity index (χ0v) is 22.4. The molecular formula is C25H29F2N4O3PS. The highest BCUT2D eigenvalue weighted by Crippen LogP contribution is 2.46. The van der Waals surface area contributed by atoms with E-state index in [1.807, 2.05) is 52.1 Å². The molecule has 2 atom stereocenters. The molecule has 0 aliphatic carbocycles. The lowest BCUT2D eigenvalue weighted by molar-refractivity contribution is -0.129. The predicted molar refractivity (Wildman–Crippen MR) is 143 cm³/mol. The summed E-state index contributed by atoms with van der Waals surface area (Å²) in [6.45, 7) is 8.01. The lowest BCUT2D eigenvalue weighted by Gasteiger charge is -2.35. The normalized spacial score (nSPS) is 19.8. The molecule has 2 aromatic rings. The van der Waals surface area contributed by atoms with Gasteiger partial charge < -0.3 is 24.6 Å². The van der Waals surface area contributed by atoms with Crippen molar-refractivity contribution >= 4 is 48.7 Å². The van der Waals surface area contributed by atoms with E-state index in [0.717, 1.165) is 28.8 Å². The summed E-state index contributed by atoms with van der Waals surface area (Å²) in [5.74, 6) is -2.27. The summed E-state index contributed by atoms with van der Waals surface area (Å²) < 4.78 is 41.2. The SMILES string of the molecule is CCOP1N=C(C2=C(O)C(C(C)(C)C)N(Cc3ccc(F)c(F)c3)C2=O)Nc2ccc(NSC)cc21. The number of rotatable bonds is 7. The van der Waals surface area contributed by atoms with Crippen LogP contribution in [-0.4, -0.2) is 40.7 Å². The number of hydrogen-bond donors (Lipinski definition) is 3. The number of hydrogen-bond acceptors (Lipinski definition) is 7. The van der Waals surface area contributed by atoms with Gasteiger partial charge in [-0.1, -0.05) is 38.8 Å². The van der Waals surface area contributed by atoms with Gasteiger partial charge >= 0.3 is 0 Å². The van der Waals surface area contributed by atoms with Gasteiger partial charge in [-0.15, -0.1) is 0 Å². The molecule has 192 valence electrons. The van der Waals surface area contributed by atoms with E-state index >= 15 is 0 Å². The Morgan fingerprint density at radius 1 is 1.22 bits per heavy atom. The molecule has 3 N–H and O–H groups in total. The molecule has 1 amide bonds. The van der Waals surface area contributed by atoms with Crippen molar-refractivity contribution in [3.63, 3.8) is 0 Å². The molecule has 36 heavy (non-hydrogen) atoms. The van der Waals surface area contributed by atoms with Crippen molar-refractivity contribution in [1.29, 1.82) is 0 Å². The summed E-state index contributed by atoms with van der Waals surface area (Å²) in [6.07, 6.45) is 1.93. The zero-order valence-electron chi connectivity index (χ0n) is 20.7. The van der Waals surface area contributed by atoms with Crippen LogP contribution >= 0.6 is 20.2 Å². The molecular weight excluding hydrogens is 505 g/mol. The first-order valence-electron chi connectivity index (χ1n) is 11.4. The number of aliphatic hydroxyl groups excluding tert-OH is 1. The molecule has 0 saturated carbocycles. The van der Waals surface area contributed by atoms with Crippen molar-refractivity contribution in [2.24, 2.45) is 10.2 Å². The monoisotopic (exact) mass is 534 g/mol. The second-order valence-corrected chi connectivity index (χ2v) is 11.6. The third kappa shape index (κ3) is 5.08. The topological polar surface area (TPSA) is 86.2 Å². The highest BCUT2D eigenvalue weighted by molar-refractivity contribution is 7.99. The van der Waals surface area contributed by atoms with Crippen LogP contribution in [0.5, 0.6) is 0 Å². The average Bonchev–Trinajstić information content (AvgIpc) is 3.06. The van der Waals surface area contributed by atoms with Gasteiger partial charge in [-0.05, 0) is 48.2 Å². The van der Waals surface area contributed by atoms with Gasteiger partial charge in [0.25, 0.3) is 5.91 Å². The van der Waals surface area contributed by atoms with E-state index in [9.17, 15) is 18.7 Å². The van der Waals surface area contributed by atoms with E-state index in [4.69, 9.17) is 9.29 Å². The molecule has 0 fully saturated rings. The van der Waals surface area contributed by atoms with E-state index in [1.165, 1.54) is 22.9 Å². The molecule has 0 radical (unpaired) electrons. The van der Waals surface area contributed by atoms with E-state index in [1.54, 1.807) is 0 Å². The van der Waals surface area contributed by atoms with Crippen LogP contribution in [0.4, 0.5) is 20.2 Å². The molecule has 2 aliphatic heterocycles. The first kappa shape index (κ1) is 26.4. The number of nitrogens with one attached hydrogen (secondary N) is 2. The van der Waals surface area contributed by atoms with Gasteiger partial charge in [-0.25, -0.2) is 13.5 Å². The number of amides is 1. The summed E-state index contributed by atoms with van der Waals surface area (Å²) in [5, 5.41) is 15.4. The Kier molecular flexibility index (Phi) is 7.59. The van der Waals surface area contributed by atoms with Crippen LogP contribution in [0.3, 0.4) is 0 Å². The standard InChI is InChI=1S/C25H29F2N4O3PS/c1-6-34-35-19-12-15(30-36-5)8-10-18(19)28-23(29-35)20-21(32)22(25(2,3)4)31(24(20)33)13-14-7-9-16(26)17(27)11-14/h7-12,22,30,32H,6,13H2,1-5H3,(H,28,29). The second kappa shape index (κ2) is 10.4. The fraction of sp³-hybridized carbons (Fsp3) is 0.360. The third-order valence-corrected chi connectivity index (χ3v) is 7.92. The van der Waals surface area contributed by atoms with E-state index in [2.05, 4.69) is 10.0 Å². The molecule has 2 aromatic carbocycles. The molecule has 2 aliphatic rings. The van der Waals surface area contributed by atoms with Crippen molar-refractivity contribution in [3.8, 4) is 0 Å². The minimum atomic E-state index is -1.45. The summed E-state index contributed by atoms with van der Waals surface area (Å²) >= 11 is 1.47. The van der Waals surface area contributed by atoms with Gasteiger partial charge in [0, 0.05) is 18.5 Å². The number of fused-ring (bicyclic) bond motifs is 1. The number of amidine groups is 1. The number of benzene rings is 2. The lowest BCUT2D eigenvalue weighted by Crippen LogP contribution is -2.43. The quantitative estimate of drug-likeness (QED) is 0.311. The smallest absolute Gasteiger partial charge is 0.262 e. The minimum Gasteiger partial charge on any atom is -0.509 e. The van der Waals surface area contributed by atoms with Crippen molar-refractivity contribution in [2.75, 3.05) is 22.9 Å². The Labute approximate surface area is 215 Å². The second-order valence-electron chi connectivity index (χ2n) is 9.51. The number of aliphatic hydroxyl groups is 1. The molecule has 4 rings (SSSR count). The van der Waals surface area contributed by atoms with Gasteiger partial charge in [0.2, 0.25) is 0 Å². The van der Waals surface area contributed by atoms with E-state index < -0.39 is 37.3 Å². The fourth-order valence-corrected chi connectivity index (χ4v) is 6.19. The summed E-state index contributed by atoms with van der Waals surface area (Å²) in [6, 6.07) is 8.59. The van der Waals surface area contributed by atoms with Gasteiger partial charge in [0.05, 0.1) is 23.6 Å². The molecule has 0 aromatic heterocycles. The first-order chi connectivity index (χ1) is 17.0. The Morgan fingerprint density at radius 3 is 2.61 bits per heavy atom. The first-order valence-corrected chi connectivity index (χ1v) is 13.9. The molecule has 2 unspecified atom stereocenters. The Morgan fingerprint density at radius 2 is 1.97 bits per heavy atom. The molecule has 2 heterocycles. The highest BCUT2D eigenvalue weighted by atomic mass is 32.2. The van der Waals surface area contributed by atoms with E-state index in [0.29, 0.717) is 12.2 Å². The Balaban J connectivity index is 1.73. The third-order valence-electron chi connectivity index (χ3n) is 5.81. The van der Waals surface area contributed by atoms with Gasteiger partial charge in [0.1, 0.15) is 17.2 Å². The zero-order chi connectivity index (χ0) is 26.2. The van der Waals surface area contributed by atoms with Crippen molar-refractivity contribution in [1.82, 2.24) is 4.90 Å². The van der Waals surface area contributed by atoms with Crippen LogP contribution in [0.2, 0.25) is 0 Å². The molecule has 0 saturated heterocycles. The van der Waals surface area contributed by atoms with Crippen LogP contribution in [0.15, 0.2) is 52.5 Å². The Bertz CT molecular complexity index is 1250. The van der Waals surface area contributed by atoms with Crippen LogP contribution < -0.4 is 15.3 Å². The molecule has 0 bridgehead atoms. The van der Waals surface area contributed by atoms with Crippen molar-refractivity contribution < 1.29 is 23.2 Å². The number of anilines is 2. The van der Waals surface area contributed by atoms with Crippen molar-refractivity contribution in [3.05, 3.63) is 64.9 Å². The van der Waals surface area contributed by atoms with Gasteiger partial charge in [-0.2, -0.15) is 0 Å². The lowest BCUT2D eigenvalue weighted by atomic mass is 9.85. The maximum absolute atomic E-state index is 13.9. The van der Waals surface area contributed by atoms with Crippen LogP contribution in [0, 0.1) is 17.0 Å². The van der Waals surface area contributed by atoms with Crippen LogP contribution in [0.1, 0.15) is 33.3 Å². The molecule has 11 heteroatoms. The highest BCUT2D eigenvalue weighted by Gasteiger charge is 2.47. The number of nitrogens with zero attached hydrogens (tertiary/aromatic N) is 2. The van der Waals surface area contributed by atoms with Crippen LogP contribution in [0.25, 0.3) is 0 Å². The summed E-state index contributed by atoms with van der Waals surface area (Å²) in [4.78, 5) is 15.2. The number of carbonyl (C=O) groups excluding carboxylic acids is 1. The predicted octanol–water partition coefficient (Wildman–Crippen LogP) is 5.72. The van der Waals surface area contributed by atoms with E-state index in [-0.39, 0.29) is 23.7 Å². The van der Waals surface area contributed by atoms with Crippen LogP contribution in [-0.2, 0) is 15.9 Å². The van der Waals surface area contributed by atoms with Crippen molar-refractivity contribution in [2.45, 2.75) is 40.3 Å². The molecule has 0 spiro atoms. The minimum absolute atomic E-state index is 0.000662. The largest absolute Gasteiger partial charge is 0.509 e. The maximum Gasteiger partial charge on any atom is 0.262 e.